The predicted molar refractivity (Wildman–Crippen MR) is 238 cm³/mol. The molecule has 330 valence electrons. The van der Waals surface area contributed by atoms with Gasteiger partial charge in [0.25, 0.3) is 0 Å². The summed E-state index contributed by atoms with van der Waals surface area (Å²) in [5, 5.41) is 0. The highest BCUT2D eigenvalue weighted by Gasteiger charge is 2.34. The second-order valence-corrected chi connectivity index (χ2v) is 18.9. The van der Waals surface area contributed by atoms with E-state index in [2.05, 4.69) is 0 Å². The maximum atomic E-state index is 15.4. The van der Waals surface area contributed by atoms with Gasteiger partial charge in [-0.25, -0.2) is 0 Å². The molecule has 0 aliphatic heterocycles. The van der Waals surface area contributed by atoms with Gasteiger partial charge in [-0.05, 0) is 172 Å². The van der Waals surface area contributed by atoms with Crippen LogP contribution in [0.15, 0.2) is 24.3 Å². The molecular formula is C52H74O8. The minimum Gasteiger partial charge on any atom is -0.493 e. The first-order valence-electron chi connectivity index (χ1n) is 24.7. The highest BCUT2D eigenvalue weighted by molar-refractivity contribution is 6.12. The van der Waals surface area contributed by atoms with E-state index in [1.54, 1.807) is 13.2 Å². The normalized spacial score (nSPS) is 22.4. The summed E-state index contributed by atoms with van der Waals surface area (Å²) >= 11 is 0. The van der Waals surface area contributed by atoms with E-state index in [0.29, 0.717) is 40.1 Å². The number of methoxy groups -OCH3 is 1. The van der Waals surface area contributed by atoms with Gasteiger partial charge in [0.2, 0.25) is 0 Å². The quantitative estimate of drug-likeness (QED) is 0.122. The smallest absolute Gasteiger partial charge is 0.193 e. The molecule has 6 aliphatic rings. The molecule has 8 heteroatoms. The van der Waals surface area contributed by atoms with Crippen molar-refractivity contribution in [3.8, 4) is 40.2 Å². The summed E-state index contributed by atoms with van der Waals surface area (Å²) in [6.45, 7) is 0. The third kappa shape index (κ3) is 11.7. The van der Waals surface area contributed by atoms with Gasteiger partial charge in [0.15, 0.2) is 40.3 Å². The van der Waals surface area contributed by atoms with Crippen LogP contribution < -0.4 is 33.2 Å². The van der Waals surface area contributed by atoms with Crippen LogP contribution in [0.5, 0.6) is 40.2 Å². The van der Waals surface area contributed by atoms with Gasteiger partial charge in [0, 0.05) is 17.7 Å². The molecule has 0 unspecified atom stereocenters. The summed E-state index contributed by atoms with van der Waals surface area (Å²) in [7, 11) is 1.70. The molecule has 0 saturated heterocycles. The van der Waals surface area contributed by atoms with Crippen LogP contribution in [0.25, 0.3) is 6.08 Å². The van der Waals surface area contributed by atoms with Crippen LogP contribution in [0.1, 0.15) is 209 Å². The minimum absolute atomic E-state index is 0.00371. The third-order valence-corrected chi connectivity index (χ3v) is 14.2. The SMILES string of the molecule is COc1cc(OC2CCCCC2)cc(/C=C/C(=O)c2c(OC3CCCCC3)c(OC3CCCCC3)cc(OC3CCCCC3)c2OC2CCCCC2)c1OC1CCCCC1. The average molecular weight is 827 g/mol. The van der Waals surface area contributed by atoms with Crippen molar-refractivity contribution in [1.29, 1.82) is 0 Å². The van der Waals surface area contributed by atoms with Gasteiger partial charge in [-0.15, -0.1) is 0 Å². The predicted octanol–water partition coefficient (Wildman–Crippen LogP) is 13.9. The van der Waals surface area contributed by atoms with Crippen LogP contribution in [-0.2, 0) is 0 Å². The van der Waals surface area contributed by atoms with Crippen molar-refractivity contribution in [1.82, 2.24) is 0 Å². The van der Waals surface area contributed by atoms with Crippen molar-refractivity contribution in [2.45, 2.75) is 229 Å². The maximum absolute atomic E-state index is 15.4. The molecule has 0 radical (unpaired) electrons. The number of carbonyl (C=O) groups is 1. The summed E-state index contributed by atoms with van der Waals surface area (Å²) in [6.07, 6.45) is 37.0. The standard InChI is InChI=1S/C52H74O8/c1-54-46-35-44(55-38-20-8-2-9-21-38)34-37(50(46)58-41-26-14-5-15-27-41)32-33-45(53)49-51(59-42-28-16-6-17-29-42)47(56-39-22-10-3-11-23-39)36-48(57-40-24-12-4-13-25-40)52(49)60-43-30-18-7-19-31-43/h32-36,38-43H,2-31H2,1H3/b33-32+. The number of carbonyl (C=O) groups excluding carboxylic acids is 1. The lowest BCUT2D eigenvalue weighted by Gasteiger charge is -2.32. The zero-order chi connectivity index (χ0) is 40.9. The van der Waals surface area contributed by atoms with Gasteiger partial charge < -0.3 is 33.2 Å². The Morgan fingerprint density at radius 3 is 1.15 bits per heavy atom. The van der Waals surface area contributed by atoms with E-state index in [9.17, 15) is 0 Å². The first-order chi connectivity index (χ1) is 29.6. The Balaban J connectivity index is 1.23. The number of rotatable bonds is 16. The molecular weight excluding hydrogens is 753 g/mol. The lowest BCUT2D eigenvalue weighted by atomic mass is 9.96. The minimum atomic E-state index is -0.185. The molecule has 2 aromatic rings. The number of benzene rings is 2. The number of ether oxygens (including phenoxy) is 7. The molecule has 0 aromatic heterocycles. The summed E-state index contributed by atoms with van der Waals surface area (Å²) < 4.78 is 47.6. The zero-order valence-electron chi connectivity index (χ0n) is 36.8. The highest BCUT2D eigenvalue weighted by Crippen LogP contribution is 2.50. The van der Waals surface area contributed by atoms with E-state index in [4.69, 9.17) is 33.2 Å². The molecule has 0 amide bonds. The Morgan fingerprint density at radius 2 is 0.767 bits per heavy atom. The molecule has 0 N–H and O–H groups in total. The topological polar surface area (TPSA) is 81.7 Å². The van der Waals surface area contributed by atoms with Crippen molar-refractivity contribution in [2.24, 2.45) is 0 Å². The van der Waals surface area contributed by atoms with Crippen LogP contribution in [0.4, 0.5) is 0 Å². The number of hydrogen-bond acceptors (Lipinski definition) is 8. The summed E-state index contributed by atoms with van der Waals surface area (Å²) in [6, 6.07) is 6.05. The third-order valence-electron chi connectivity index (χ3n) is 14.2. The monoisotopic (exact) mass is 827 g/mol. The number of hydrogen-bond donors (Lipinski definition) is 0. The molecule has 6 fully saturated rings. The maximum Gasteiger partial charge on any atom is 0.193 e. The van der Waals surface area contributed by atoms with Crippen molar-refractivity contribution >= 4 is 11.9 Å². The summed E-state index contributed by atoms with van der Waals surface area (Å²) in [5.74, 6) is 4.15. The molecule has 0 atom stereocenters. The second-order valence-electron chi connectivity index (χ2n) is 18.9. The number of ketones is 1. The molecule has 8 rings (SSSR count). The summed E-state index contributed by atoms with van der Waals surface area (Å²) in [4.78, 5) is 15.4. The molecule has 6 saturated carbocycles. The largest absolute Gasteiger partial charge is 0.493 e. The lowest BCUT2D eigenvalue weighted by Crippen LogP contribution is -2.26. The second kappa shape index (κ2) is 22.0. The molecule has 8 nitrogen and oxygen atoms in total. The van der Waals surface area contributed by atoms with Gasteiger partial charge in [0.1, 0.15) is 11.3 Å². The fraction of sp³-hybridized carbons (Fsp3) is 0.712. The molecule has 6 aliphatic carbocycles. The van der Waals surface area contributed by atoms with E-state index in [-0.39, 0.29) is 42.4 Å². The van der Waals surface area contributed by atoms with E-state index in [1.165, 1.54) is 51.4 Å². The molecule has 0 bridgehead atoms. The van der Waals surface area contributed by atoms with Gasteiger partial charge in [-0.2, -0.15) is 0 Å². The van der Waals surface area contributed by atoms with Crippen LogP contribution in [0.3, 0.4) is 0 Å². The van der Waals surface area contributed by atoms with Gasteiger partial charge in [-0.3, -0.25) is 4.79 Å². The first kappa shape index (κ1) is 43.1. The van der Waals surface area contributed by atoms with Crippen LogP contribution >= 0.6 is 0 Å². The highest BCUT2D eigenvalue weighted by atomic mass is 16.6. The Labute approximate surface area is 360 Å². The Kier molecular flexibility index (Phi) is 15.8. The van der Waals surface area contributed by atoms with Crippen molar-refractivity contribution in [3.63, 3.8) is 0 Å². The van der Waals surface area contributed by atoms with Crippen molar-refractivity contribution in [2.75, 3.05) is 7.11 Å². The zero-order valence-corrected chi connectivity index (χ0v) is 36.8. The van der Waals surface area contributed by atoms with Crippen molar-refractivity contribution in [3.05, 3.63) is 35.4 Å². The molecule has 0 spiro atoms. The van der Waals surface area contributed by atoms with E-state index >= 15 is 4.79 Å². The fourth-order valence-corrected chi connectivity index (χ4v) is 10.7. The molecule has 2 aromatic carbocycles. The van der Waals surface area contributed by atoms with Gasteiger partial charge in [-0.1, -0.05) is 38.5 Å². The van der Waals surface area contributed by atoms with Crippen molar-refractivity contribution < 1.29 is 38.0 Å². The first-order valence-corrected chi connectivity index (χ1v) is 24.7. The van der Waals surface area contributed by atoms with Gasteiger partial charge in [0.05, 0.1) is 43.7 Å². The van der Waals surface area contributed by atoms with Crippen LogP contribution in [0.2, 0.25) is 0 Å². The van der Waals surface area contributed by atoms with E-state index < -0.39 is 0 Å². The fourth-order valence-electron chi connectivity index (χ4n) is 10.7. The van der Waals surface area contributed by atoms with Crippen LogP contribution in [-0.4, -0.2) is 49.5 Å². The Morgan fingerprint density at radius 1 is 0.417 bits per heavy atom. The van der Waals surface area contributed by atoms with Gasteiger partial charge >= 0.3 is 0 Å². The van der Waals surface area contributed by atoms with E-state index in [0.717, 1.165) is 153 Å². The Bertz CT molecular complexity index is 1620. The van der Waals surface area contributed by atoms with E-state index in [1.807, 2.05) is 24.3 Å². The average Bonchev–Trinajstić information content (AvgIpc) is 3.29. The number of allylic oxidation sites excluding steroid dienone is 1. The molecule has 0 heterocycles. The summed E-state index contributed by atoms with van der Waals surface area (Å²) in [5.41, 5.74) is 1.20. The van der Waals surface area contributed by atoms with Crippen LogP contribution in [0, 0.1) is 0 Å². The Hall–Kier alpha value is -3.55. The molecule has 60 heavy (non-hydrogen) atoms. The lowest BCUT2D eigenvalue weighted by molar-refractivity contribution is 0.0960.